The van der Waals surface area contributed by atoms with Crippen molar-refractivity contribution in [2.45, 2.75) is 25.9 Å². The van der Waals surface area contributed by atoms with Gasteiger partial charge in [0.2, 0.25) is 0 Å². The molecule has 1 aliphatic heterocycles. The quantitative estimate of drug-likeness (QED) is 0.880. The van der Waals surface area contributed by atoms with Gasteiger partial charge in [-0.2, -0.15) is 0 Å². The molecular formula is C19H23N3O4. The minimum Gasteiger partial charge on any atom is -0.491 e. The Kier molecular flexibility index (Phi) is 5.08. The molecule has 2 heterocycles. The minimum absolute atomic E-state index is 0.151. The lowest BCUT2D eigenvalue weighted by Crippen LogP contribution is -2.42. The molecule has 7 nitrogen and oxygen atoms in total. The number of rotatable bonds is 5. The molecule has 7 heteroatoms. The molecule has 1 aromatic heterocycles. The van der Waals surface area contributed by atoms with E-state index in [0.29, 0.717) is 31.9 Å². The Hall–Kier alpha value is -2.67. The monoisotopic (exact) mass is 357 g/mol. The minimum atomic E-state index is -0.574. The summed E-state index contributed by atoms with van der Waals surface area (Å²) in [5.74, 6) is 0.924. The largest absolute Gasteiger partial charge is 0.491 e. The number of nitrogens with one attached hydrogen (secondary N) is 1. The predicted octanol–water partition coefficient (Wildman–Crippen LogP) is 1.70. The molecule has 1 saturated heterocycles. The zero-order chi connectivity index (χ0) is 18.7. The van der Waals surface area contributed by atoms with E-state index in [1.165, 1.54) is 6.07 Å². The molecule has 1 aromatic carbocycles. The molecule has 0 bridgehead atoms. The first-order chi connectivity index (χ1) is 12.4. The standard InChI is InChI=1S/C19H23N3O4/c1-13-5-4-6-15(9-13)26-12-19(25-3)7-8-22(11-19)18(24)16-10-17(23)21-14(2)20-16/h4-6,9-10H,7-8,11-12H2,1-3H3,(H,20,21,23)/t19-/m1/s1. The van der Waals surface area contributed by atoms with Crippen LogP contribution in [0.1, 0.15) is 28.3 Å². The summed E-state index contributed by atoms with van der Waals surface area (Å²) in [6.45, 7) is 4.92. The average Bonchev–Trinajstić information content (AvgIpc) is 3.04. The number of nitrogens with zero attached hydrogens (tertiary/aromatic N) is 2. The number of hydrogen-bond acceptors (Lipinski definition) is 5. The van der Waals surface area contributed by atoms with E-state index in [2.05, 4.69) is 9.97 Å². The van der Waals surface area contributed by atoms with E-state index < -0.39 is 5.60 Å². The number of amides is 1. The third kappa shape index (κ3) is 3.94. The fourth-order valence-electron chi connectivity index (χ4n) is 3.13. The van der Waals surface area contributed by atoms with Crippen molar-refractivity contribution < 1.29 is 14.3 Å². The van der Waals surface area contributed by atoms with Crippen LogP contribution in [0.2, 0.25) is 0 Å². The number of aromatic amines is 1. The Labute approximate surface area is 152 Å². The highest BCUT2D eigenvalue weighted by Crippen LogP contribution is 2.27. The van der Waals surface area contributed by atoms with Crippen molar-refractivity contribution in [1.82, 2.24) is 14.9 Å². The third-order valence-electron chi connectivity index (χ3n) is 4.61. The van der Waals surface area contributed by atoms with Gasteiger partial charge in [-0.3, -0.25) is 9.59 Å². The molecule has 138 valence electrons. The maximum atomic E-state index is 12.7. The number of hydrogen-bond donors (Lipinski definition) is 1. The number of aromatic nitrogens is 2. The second kappa shape index (κ2) is 7.29. The van der Waals surface area contributed by atoms with Crippen LogP contribution in [-0.4, -0.2) is 53.2 Å². The van der Waals surface area contributed by atoms with Crippen molar-refractivity contribution in [1.29, 1.82) is 0 Å². The summed E-state index contributed by atoms with van der Waals surface area (Å²) in [6, 6.07) is 9.04. The molecule has 1 atom stereocenters. The van der Waals surface area contributed by atoms with Crippen molar-refractivity contribution in [2.75, 3.05) is 26.8 Å². The molecule has 1 fully saturated rings. The van der Waals surface area contributed by atoms with Crippen molar-refractivity contribution in [3.05, 3.63) is 57.8 Å². The Bertz CT molecular complexity index is 864. The van der Waals surface area contributed by atoms with Crippen LogP contribution >= 0.6 is 0 Å². The smallest absolute Gasteiger partial charge is 0.272 e. The molecule has 0 aliphatic carbocycles. The second-order valence-electron chi connectivity index (χ2n) is 6.69. The summed E-state index contributed by atoms with van der Waals surface area (Å²) in [5.41, 5.74) is 0.363. The summed E-state index contributed by atoms with van der Waals surface area (Å²) < 4.78 is 11.6. The topological polar surface area (TPSA) is 84.5 Å². The van der Waals surface area contributed by atoms with E-state index in [1.54, 1.807) is 18.9 Å². The van der Waals surface area contributed by atoms with Gasteiger partial charge in [-0.15, -0.1) is 0 Å². The molecule has 0 saturated carbocycles. The summed E-state index contributed by atoms with van der Waals surface area (Å²) >= 11 is 0. The van der Waals surface area contributed by atoms with E-state index in [0.717, 1.165) is 11.3 Å². The van der Waals surface area contributed by atoms with E-state index >= 15 is 0 Å². The van der Waals surface area contributed by atoms with Crippen LogP contribution in [0.4, 0.5) is 0 Å². The SMILES string of the molecule is CO[C@]1(COc2cccc(C)c2)CCN(C(=O)c2cc(=O)[nH]c(C)n2)C1. The molecule has 3 rings (SSSR count). The Morgan fingerprint density at radius 2 is 2.15 bits per heavy atom. The molecule has 26 heavy (non-hydrogen) atoms. The van der Waals surface area contributed by atoms with Gasteiger partial charge in [0.1, 0.15) is 29.5 Å². The summed E-state index contributed by atoms with van der Waals surface area (Å²) in [4.78, 5) is 32.6. The van der Waals surface area contributed by atoms with Crippen LogP contribution < -0.4 is 10.3 Å². The normalized spacial score (nSPS) is 19.6. The molecular weight excluding hydrogens is 334 g/mol. The van der Waals surface area contributed by atoms with E-state index in [-0.39, 0.29) is 17.2 Å². The molecule has 1 N–H and O–H groups in total. The fourth-order valence-corrected chi connectivity index (χ4v) is 3.13. The van der Waals surface area contributed by atoms with Gasteiger partial charge in [0.25, 0.3) is 11.5 Å². The Morgan fingerprint density at radius 3 is 2.85 bits per heavy atom. The highest BCUT2D eigenvalue weighted by Gasteiger charge is 2.41. The first kappa shape index (κ1) is 18.1. The molecule has 0 unspecified atom stereocenters. The van der Waals surface area contributed by atoms with Crippen LogP contribution in [-0.2, 0) is 4.74 Å². The number of aryl methyl sites for hydroxylation is 2. The molecule has 1 amide bonds. The lowest BCUT2D eigenvalue weighted by Gasteiger charge is -2.27. The van der Waals surface area contributed by atoms with Gasteiger partial charge in [-0.05, 0) is 38.0 Å². The number of carbonyl (C=O) groups excluding carboxylic acids is 1. The predicted molar refractivity (Wildman–Crippen MR) is 96.5 cm³/mol. The van der Waals surface area contributed by atoms with Crippen molar-refractivity contribution in [3.63, 3.8) is 0 Å². The van der Waals surface area contributed by atoms with E-state index in [9.17, 15) is 9.59 Å². The fraction of sp³-hybridized carbons (Fsp3) is 0.421. The van der Waals surface area contributed by atoms with Crippen LogP contribution in [0.25, 0.3) is 0 Å². The number of ether oxygens (including phenoxy) is 2. The number of benzene rings is 1. The first-order valence-corrected chi connectivity index (χ1v) is 8.53. The van der Waals surface area contributed by atoms with Crippen molar-refractivity contribution >= 4 is 5.91 Å². The van der Waals surface area contributed by atoms with E-state index in [4.69, 9.17) is 9.47 Å². The zero-order valence-corrected chi connectivity index (χ0v) is 15.2. The zero-order valence-electron chi connectivity index (χ0n) is 15.2. The van der Waals surface area contributed by atoms with Gasteiger partial charge in [-0.1, -0.05) is 12.1 Å². The number of methoxy groups -OCH3 is 1. The summed E-state index contributed by atoms with van der Waals surface area (Å²) in [6.07, 6.45) is 0.656. The highest BCUT2D eigenvalue weighted by atomic mass is 16.5. The van der Waals surface area contributed by atoms with Crippen molar-refractivity contribution in [2.24, 2.45) is 0 Å². The van der Waals surface area contributed by atoms with Gasteiger partial charge in [0.05, 0.1) is 6.54 Å². The van der Waals surface area contributed by atoms with Gasteiger partial charge in [0, 0.05) is 19.7 Å². The van der Waals surface area contributed by atoms with E-state index in [1.807, 2.05) is 31.2 Å². The van der Waals surface area contributed by atoms with Crippen LogP contribution in [0.5, 0.6) is 5.75 Å². The lowest BCUT2D eigenvalue weighted by molar-refractivity contribution is -0.0343. The second-order valence-corrected chi connectivity index (χ2v) is 6.69. The van der Waals surface area contributed by atoms with Crippen LogP contribution in [0.15, 0.2) is 35.1 Å². The average molecular weight is 357 g/mol. The summed E-state index contributed by atoms with van der Waals surface area (Å²) in [7, 11) is 1.63. The van der Waals surface area contributed by atoms with Gasteiger partial charge in [-0.25, -0.2) is 4.98 Å². The molecule has 0 spiro atoms. The molecule has 0 radical (unpaired) electrons. The maximum absolute atomic E-state index is 12.7. The number of carbonyl (C=O) groups is 1. The number of likely N-dealkylation sites (tertiary alicyclic amines) is 1. The maximum Gasteiger partial charge on any atom is 0.272 e. The summed E-state index contributed by atoms with van der Waals surface area (Å²) in [5, 5.41) is 0. The molecule has 2 aromatic rings. The highest BCUT2D eigenvalue weighted by molar-refractivity contribution is 5.92. The van der Waals surface area contributed by atoms with Gasteiger partial charge >= 0.3 is 0 Å². The van der Waals surface area contributed by atoms with Crippen molar-refractivity contribution in [3.8, 4) is 5.75 Å². The molecule has 1 aliphatic rings. The van der Waals surface area contributed by atoms with Crippen LogP contribution in [0.3, 0.4) is 0 Å². The van der Waals surface area contributed by atoms with Gasteiger partial charge in [0.15, 0.2) is 0 Å². The lowest BCUT2D eigenvalue weighted by atomic mass is 10.0. The number of H-pyrrole nitrogens is 1. The third-order valence-corrected chi connectivity index (χ3v) is 4.61. The van der Waals surface area contributed by atoms with Gasteiger partial charge < -0.3 is 19.4 Å². The first-order valence-electron chi connectivity index (χ1n) is 8.53. The Balaban J connectivity index is 1.70. The van der Waals surface area contributed by atoms with Crippen LogP contribution in [0, 0.1) is 13.8 Å². The Morgan fingerprint density at radius 1 is 1.35 bits per heavy atom.